The topological polar surface area (TPSA) is 83.1 Å². The fourth-order valence-corrected chi connectivity index (χ4v) is 4.00. The molecule has 0 saturated carbocycles. The summed E-state index contributed by atoms with van der Waals surface area (Å²) in [7, 11) is 4.65. The Bertz CT molecular complexity index is 986. The minimum absolute atomic E-state index is 0.143. The molecule has 3 atom stereocenters. The maximum Gasteiger partial charge on any atom is 0.314 e. The van der Waals surface area contributed by atoms with Crippen LogP contribution in [0.4, 0.5) is 0 Å². The minimum atomic E-state index is -0.529. The van der Waals surface area contributed by atoms with Gasteiger partial charge in [-0.3, -0.25) is 9.59 Å². The average molecular weight is 440 g/mol. The quantitative estimate of drug-likeness (QED) is 0.474. The molecule has 7 heteroatoms. The van der Waals surface area contributed by atoms with Gasteiger partial charge in [-0.05, 0) is 49.1 Å². The number of hydrogen-bond donors (Lipinski definition) is 1. The van der Waals surface area contributed by atoms with Gasteiger partial charge < -0.3 is 24.3 Å². The number of esters is 1. The lowest BCUT2D eigenvalue weighted by molar-refractivity contribution is -0.146. The standard InChI is InChI=1S/C25H29NO6/c1-5-32-25(28)23(17-11-13-21(30-3)22(15-17)31-4)16-10-12-18(14-16)26-24(27)19-8-6-7-9-20(19)29-2/h6-13,15-16,18,23H,5,14H2,1-4H3,(H,26,27). The fraction of sp³-hybridized carbons (Fsp3) is 0.360. The molecule has 2 aromatic rings. The van der Waals surface area contributed by atoms with Crippen LogP contribution in [-0.2, 0) is 9.53 Å². The van der Waals surface area contributed by atoms with Crippen LogP contribution in [0.3, 0.4) is 0 Å². The second-order valence-corrected chi connectivity index (χ2v) is 7.41. The summed E-state index contributed by atoms with van der Waals surface area (Å²) in [6, 6.07) is 12.3. The first kappa shape index (κ1) is 23.2. The van der Waals surface area contributed by atoms with Crippen LogP contribution in [0.2, 0.25) is 0 Å². The van der Waals surface area contributed by atoms with E-state index in [0.29, 0.717) is 29.2 Å². The van der Waals surface area contributed by atoms with Crippen molar-refractivity contribution in [3.05, 3.63) is 65.7 Å². The maximum absolute atomic E-state index is 12.9. The van der Waals surface area contributed by atoms with Crippen LogP contribution in [0.25, 0.3) is 0 Å². The van der Waals surface area contributed by atoms with Crippen LogP contribution < -0.4 is 19.5 Å². The Balaban J connectivity index is 1.79. The van der Waals surface area contributed by atoms with Crippen molar-refractivity contribution in [1.82, 2.24) is 5.32 Å². The Morgan fingerprint density at radius 2 is 1.69 bits per heavy atom. The van der Waals surface area contributed by atoms with E-state index in [1.54, 1.807) is 51.5 Å². The van der Waals surface area contributed by atoms with Crippen LogP contribution in [0.1, 0.15) is 35.2 Å². The van der Waals surface area contributed by atoms with E-state index in [4.69, 9.17) is 18.9 Å². The molecular formula is C25H29NO6. The van der Waals surface area contributed by atoms with E-state index in [0.717, 1.165) is 5.56 Å². The molecule has 1 aliphatic rings. The number of benzene rings is 2. The van der Waals surface area contributed by atoms with E-state index >= 15 is 0 Å². The van der Waals surface area contributed by atoms with Crippen molar-refractivity contribution in [3.8, 4) is 17.2 Å². The third-order valence-corrected chi connectivity index (χ3v) is 5.52. The van der Waals surface area contributed by atoms with Gasteiger partial charge in [-0.2, -0.15) is 0 Å². The molecule has 0 aromatic heterocycles. The number of hydrogen-bond acceptors (Lipinski definition) is 6. The molecule has 0 fully saturated rings. The van der Waals surface area contributed by atoms with Crippen molar-refractivity contribution in [1.29, 1.82) is 0 Å². The molecule has 3 unspecified atom stereocenters. The van der Waals surface area contributed by atoms with Crippen molar-refractivity contribution in [2.75, 3.05) is 27.9 Å². The molecule has 0 heterocycles. The number of carbonyl (C=O) groups is 2. The van der Waals surface area contributed by atoms with Crippen molar-refractivity contribution in [2.24, 2.45) is 5.92 Å². The summed E-state index contributed by atoms with van der Waals surface area (Å²) >= 11 is 0. The van der Waals surface area contributed by atoms with E-state index in [9.17, 15) is 9.59 Å². The zero-order valence-corrected chi connectivity index (χ0v) is 18.8. The number of ether oxygens (including phenoxy) is 4. The third kappa shape index (κ3) is 5.04. The van der Waals surface area contributed by atoms with Crippen molar-refractivity contribution in [3.63, 3.8) is 0 Å². The second kappa shape index (κ2) is 10.7. The van der Waals surface area contributed by atoms with E-state index in [1.807, 2.05) is 24.3 Å². The van der Waals surface area contributed by atoms with Crippen LogP contribution >= 0.6 is 0 Å². The lowest BCUT2D eigenvalue weighted by Crippen LogP contribution is -2.34. The number of allylic oxidation sites excluding steroid dienone is 1. The van der Waals surface area contributed by atoms with Crippen LogP contribution in [-0.4, -0.2) is 45.9 Å². The molecule has 2 aromatic carbocycles. The van der Waals surface area contributed by atoms with Gasteiger partial charge in [0.05, 0.1) is 39.4 Å². The molecule has 0 bridgehead atoms. The predicted octanol–water partition coefficient (Wildman–Crippen LogP) is 3.73. The number of methoxy groups -OCH3 is 3. The predicted molar refractivity (Wildman–Crippen MR) is 120 cm³/mol. The fourth-order valence-electron chi connectivity index (χ4n) is 4.00. The third-order valence-electron chi connectivity index (χ3n) is 5.52. The molecule has 32 heavy (non-hydrogen) atoms. The monoisotopic (exact) mass is 439 g/mol. The van der Waals surface area contributed by atoms with E-state index in [-0.39, 0.29) is 30.4 Å². The van der Waals surface area contributed by atoms with Gasteiger partial charge in [-0.1, -0.05) is 30.4 Å². The van der Waals surface area contributed by atoms with Gasteiger partial charge in [-0.15, -0.1) is 0 Å². The Kier molecular flexibility index (Phi) is 7.76. The molecule has 0 aliphatic heterocycles. The molecule has 1 amide bonds. The first-order chi connectivity index (χ1) is 15.5. The Labute approximate surface area is 188 Å². The lowest BCUT2D eigenvalue weighted by Gasteiger charge is -2.23. The van der Waals surface area contributed by atoms with E-state index < -0.39 is 5.92 Å². The van der Waals surface area contributed by atoms with Crippen LogP contribution in [0.15, 0.2) is 54.6 Å². The van der Waals surface area contributed by atoms with Crippen molar-refractivity contribution < 1.29 is 28.5 Å². The van der Waals surface area contributed by atoms with Gasteiger partial charge in [0, 0.05) is 6.04 Å². The van der Waals surface area contributed by atoms with Crippen LogP contribution in [0, 0.1) is 5.92 Å². The second-order valence-electron chi connectivity index (χ2n) is 7.41. The number of para-hydroxylation sites is 1. The lowest BCUT2D eigenvalue weighted by atomic mass is 9.85. The highest BCUT2D eigenvalue weighted by atomic mass is 16.5. The largest absolute Gasteiger partial charge is 0.496 e. The number of rotatable bonds is 9. The number of nitrogens with one attached hydrogen (secondary N) is 1. The molecular weight excluding hydrogens is 410 g/mol. The summed E-state index contributed by atoms with van der Waals surface area (Å²) in [6.45, 7) is 2.07. The highest BCUT2D eigenvalue weighted by Gasteiger charge is 2.35. The zero-order valence-electron chi connectivity index (χ0n) is 18.8. The minimum Gasteiger partial charge on any atom is -0.496 e. The molecule has 0 saturated heterocycles. The molecule has 1 aliphatic carbocycles. The molecule has 170 valence electrons. The first-order valence-electron chi connectivity index (χ1n) is 10.5. The van der Waals surface area contributed by atoms with Gasteiger partial charge in [0.25, 0.3) is 5.91 Å². The summed E-state index contributed by atoms with van der Waals surface area (Å²) in [4.78, 5) is 25.7. The highest BCUT2D eigenvalue weighted by molar-refractivity contribution is 5.97. The van der Waals surface area contributed by atoms with Gasteiger partial charge in [0.1, 0.15) is 5.75 Å². The zero-order chi connectivity index (χ0) is 23.1. The van der Waals surface area contributed by atoms with E-state index in [1.165, 1.54) is 7.11 Å². The summed E-state index contributed by atoms with van der Waals surface area (Å²) in [5.74, 6) is 0.431. The smallest absolute Gasteiger partial charge is 0.314 e. The van der Waals surface area contributed by atoms with E-state index in [2.05, 4.69) is 5.32 Å². The summed E-state index contributed by atoms with van der Waals surface area (Å²) in [6.07, 6.45) is 4.45. The normalized spacial score (nSPS) is 18.0. The summed E-state index contributed by atoms with van der Waals surface area (Å²) in [5.41, 5.74) is 1.24. The first-order valence-corrected chi connectivity index (χ1v) is 10.5. The van der Waals surface area contributed by atoms with Gasteiger partial charge in [0.15, 0.2) is 11.5 Å². The number of carbonyl (C=O) groups excluding carboxylic acids is 2. The molecule has 3 rings (SSSR count). The average Bonchev–Trinajstić information content (AvgIpc) is 3.26. The molecule has 0 radical (unpaired) electrons. The van der Waals surface area contributed by atoms with Gasteiger partial charge in [-0.25, -0.2) is 0 Å². The van der Waals surface area contributed by atoms with Crippen LogP contribution in [0.5, 0.6) is 17.2 Å². The highest BCUT2D eigenvalue weighted by Crippen LogP contribution is 2.38. The van der Waals surface area contributed by atoms with Crippen molar-refractivity contribution >= 4 is 11.9 Å². The Morgan fingerprint density at radius 1 is 0.969 bits per heavy atom. The number of amides is 1. The molecule has 0 spiro atoms. The van der Waals surface area contributed by atoms with Gasteiger partial charge in [0.2, 0.25) is 0 Å². The van der Waals surface area contributed by atoms with Gasteiger partial charge >= 0.3 is 5.97 Å². The SMILES string of the molecule is CCOC(=O)C(c1ccc(OC)c(OC)c1)C1C=CC(NC(=O)c2ccccc2OC)C1. The molecule has 1 N–H and O–H groups in total. The van der Waals surface area contributed by atoms with Crippen molar-refractivity contribution in [2.45, 2.75) is 25.3 Å². The maximum atomic E-state index is 12.9. The Morgan fingerprint density at radius 3 is 2.38 bits per heavy atom. The summed E-state index contributed by atoms with van der Waals surface area (Å²) in [5, 5.41) is 3.02. The summed E-state index contributed by atoms with van der Waals surface area (Å²) < 4.78 is 21.4. The molecule has 7 nitrogen and oxygen atoms in total. The Hall–Kier alpha value is -3.48.